The van der Waals surface area contributed by atoms with E-state index in [0.717, 1.165) is 30.9 Å². The second kappa shape index (κ2) is 6.39. The van der Waals surface area contributed by atoms with Gasteiger partial charge in [-0.1, -0.05) is 0 Å². The van der Waals surface area contributed by atoms with Crippen molar-refractivity contribution in [3.8, 4) is 0 Å². The Labute approximate surface area is 144 Å². The van der Waals surface area contributed by atoms with Crippen LogP contribution in [0.5, 0.6) is 0 Å². The van der Waals surface area contributed by atoms with Crippen LogP contribution in [0, 0.1) is 5.92 Å². The molecule has 1 unspecified atom stereocenters. The smallest absolute Gasteiger partial charge is 0.255 e. The van der Waals surface area contributed by atoms with Crippen molar-refractivity contribution in [2.24, 2.45) is 5.92 Å². The van der Waals surface area contributed by atoms with Crippen molar-refractivity contribution in [1.29, 1.82) is 0 Å². The molecule has 7 heteroatoms. The van der Waals surface area contributed by atoms with Crippen molar-refractivity contribution in [3.63, 3.8) is 0 Å². The summed E-state index contributed by atoms with van der Waals surface area (Å²) in [6, 6.07) is 1.86. The molecular weight excluding hydrogens is 324 g/mol. The number of likely N-dealkylation sites (tertiary alicyclic amines) is 1. The van der Waals surface area contributed by atoms with E-state index in [1.54, 1.807) is 6.20 Å². The predicted octanol–water partition coefficient (Wildman–Crippen LogP) is 1.84. The number of imidazole rings is 1. The van der Waals surface area contributed by atoms with E-state index in [1.807, 2.05) is 32.8 Å². The van der Waals surface area contributed by atoms with Crippen molar-refractivity contribution in [3.05, 3.63) is 40.6 Å². The van der Waals surface area contributed by atoms with E-state index in [4.69, 9.17) is 0 Å². The average Bonchev–Trinajstić information content (AvgIpc) is 3.29. The highest BCUT2D eigenvalue weighted by Gasteiger charge is 2.30. The molecule has 4 rings (SSSR count). The number of carbonyl (C=O) groups excluding carboxylic acids is 2. The average molecular weight is 344 g/mol. The van der Waals surface area contributed by atoms with Gasteiger partial charge in [-0.15, -0.1) is 0 Å². The predicted molar refractivity (Wildman–Crippen MR) is 90.6 cm³/mol. The fourth-order valence-corrected chi connectivity index (χ4v) is 4.22. The number of thiophene rings is 1. The van der Waals surface area contributed by atoms with Gasteiger partial charge in [-0.2, -0.15) is 11.3 Å². The highest BCUT2D eigenvalue weighted by Crippen LogP contribution is 2.21. The second-order valence-electron chi connectivity index (χ2n) is 6.50. The molecule has 0 aliphatic carbocycles. The maximum absolute atomic E-state index is 12.8. The van der Waals surface area contributed by atoms with Crippen molar-refractivity contribution in [2.75, 3.05) is 19.6 Å². The Morgan fingerprint density at radius 1 is 1.38 bits per heavy atom. The van der Waals surface area contributed by atoms with E-state index in [0.29, 0.717) is 26.1 Å². The second-order valence-corrected chi connectivity index (χ2v) is 7.28. The summed E-state index contributed by atoms with van der Waals surface area (Å²) in [4.78, 5) is 33.0. The summed E-state index contributed by atoms with van der Waals surface area (Å²) in [6.45, 7) is 3.52. The first-order chi connectivity index (χ1) is 11.7. The molecule has 2 amide bonds. The van der Waals surface area contributed by atoms with Crippen molar-refractivity contribution in [2.45, 2.75) is 25.9 Å². The number of carbonyl (C=O) groups is 2. The van der Waals surface area contributed by atoms with Crippen LogP contribution in [0.25, 0.3) is 0 Å². The van der Waals surface area contributed by atoms with Gasteiger partial charge in [-0.3, -0.25) is 9.59 Å². The van der Waals surface area contributed by atoms with Crippen LogP contribution < -0.4 is 0 Å². The molecule has 2 aromatic heterocycles. The molecule has 2 aromatic rings. The molecule has 0 spiro atoms. The van der Waals surface area contributed by atoms with Crippen LogP contribution in [-0.4, -0.2) is 50.8 Å². The maximum Gasteiger partial charge on any atom is 0.255 e. The van der Waals surface area contributed by atoms with Gasteiger partial charge in [0.05, 0.1) is 12.1 Å². The van der Waals surface area contributed by atoms with Crippen LogP contribution in [0.1, 0.15) is 29.0 Å². The zero-order chi connectivity index (χ0) is 16.5. The zero-order valence-electron chi connectivity index (χ0n) is 13.4. The highest BCUT2D eigenvalue weighted by atomic mass is 32.1. The van der Waals surface area contributed by atoms with Crippen LogP contribution in [-0.2, 0) is 17.9 Å². The van der Waals surface area contributed by atoms with E-state index in [-0.39, 0.29) is 17.7 Å². The largest absolute Gasteiger partial charge is 0.342 e. The molecule has 24 heavy (non-hydrogen) atoms. The van der Waals surface area contributed by atoms with Gasteiger partial charge in [-0.25, -0.2) is 4.98 Å². The molecular formula is C17H20N4O2S. The van der Waals surface area contributed by atoms with Crippen molar-refractivity contribution >= 4 is 23.2 Å². The summed E-state index contributed by atoms with van der Waals surface area (Å²) in [5.74, 6) is 1.42. The molecule has 0 aromatic carbocycles. The molecule has 126 valence electrons. The Morgan fingerprint density at radius 3 is 3.04 bits per heavy atom. The Kier molecular flexibility index (Phi) is 4.10. The summed E-state index contributed by atoms with van der Waals surface area (Å²) in [5.41, 5.74) is 0.732. The third-order valence-corrected chi connectivity index (χ3v) is 5.46. The highest BCUT2D eigenvalue weighted by molar-refractivity contribution is 7.08. The fourth-order valence-electron chi connectivity index (χ4n) is 3.59. The van der Waals surface area contributed by atoms with Gasteiger partial charge < -0.3 is 14.4 Å². The molecule has 0 saturated carbocycles. The molecule has 4 heterocycles. The number of hydrogen-bond acceptors (Lipinski definition) is 4. The van der Waals surface area contributed by atoms with Crippen LogP contribution >= 0.6 is 11.3 Å². The lowest BCUT2D eigenvalue weighted by Crippen LogP contribution is -2.39. The number of amides is 2. The lowest BCUT2D eigenvalue weighted by atomic mass is 10.1. The van der Waals surface area contributed by atoms with Crippen LogP contribution in [0.4, 0.5) is 0 Å². The molecule has 0 N–H and O–H groups in total. The number of aromatic nitrogens is 2. The first-order valence-electron chi connectivity index (χ1n) is 8.30. The number of hydrogen-bond donors (Lipinski definition) is 0. The Bertz CT molecular complexity index is 740. The standard InChI is InChI=1S/C17H20N4O2S/c22-16-2-1-5-20(16)9-13-8-19-6-4-18-15(19)11-21(10-13)17(23)14-3-7-24-12-14/h3-4,6-7,12-13H,1-2,5,8-11H2. The van der Waals surface area contributed by atoms with Crippen molar-refractivity contribution < 1.29 is 9.59 Å². The molecule has 6 nitrogen and oxygen atoms in total. The summed E-state index contributed by atoms with van der Waals surface area (Å²) < 4.78 is 2.12. The topological polar surface area (TPSA) is 58.4 Å². The van der Waals surface area contributed by atoms with E-state index >= 15 is 0 Å². The Morgan fingerprint density at radius 2 is 2.29 bits per heavy atom. The monoisotopic (exact) mass is 344 g/mol. The summed E-state index contributed by atoms with van der Waals surface area (Å²) >= 11 is 1.53. The van der Waals surface area contributed by atoms with E-state index < -0.39 is 0 Å². The number of nitrogens with zero attached hydrogens (tertiary/aromatic N) is 4. The van der Waals surface area contributed by atoms with Crippen LogP contribution in [0.2, 0.25) is 0 Å². The molecule has 2 aliphatic rings. The Hall–Kier alpha value is -2.15. The normalized spacial score (nSPS) is 21.0. The summed E-state index contributed by atoms with van der Waals surface area (Å²) in [6.07, 6.45) is 5.35. The van der Waals surface area contributed by atoms with E-state index in [9.17, 15) is 9.59 Å². The molecule has 1 atom stereocenters. The van der Waals surface area contributed by atoms with Gasteiger partial charge in [-0.05, 0) is 17.9 Å². The summed E-state index contributed by atoms with van der Waals surface area (Å²) in [7, 11) is 0. The minimum atomic E-state index is 0.0467. The third-order valence-electron chi connectivity index (χ3n) is 4.77. The van der Waals surface area contributed by atoms with Gasteiger partial charge in [0.2, 0.25) is 5.91 Å². The SMILES string of the molecule is O=C1CCCN1CC1CN(C(=O)c2ccsc2)Cc2nccn2C1. The van der Waals surface area contributed by atoms with Gasteiger partial charge in [0.1, 0.15) is 5.82 Å². The lowest BCUT2D eigenvalue weighted by molar-refractivity contribution is -0.128. The lowest BCUT2D eigenvalue weighted by Gasteiger charge is -2.27. The number of rotatable bonds is 3. The molecule has 0 radical (unpaired) electrons. The van der Waals surface area contributed by atoms with Crippen LogP contribution in [0.3, 0.4) is 0 Å². The quantitative estimate of drug-likeness (QED) is 0.854. The molecule has 2 aliphatic heterocycles. The van der Waals surface area contributed by atoms with Crippen molar-refractivity contribution in [1.82, 2.24) is 19.4 Å². The number of fused-ring (bicyclic) bond motifs is 1. The first kappa shape index (κ1) is 15.4. The minimum Gasteiger partial charge on any atom is -0.342 e. The van der Waals surface area contributed by atoms with Gasteiger partial charge in [0.25, 0.3) is 5.91 Å². The molecule has 1 saturated heterocycles. The first-order valence-corrected chi connectivity index (χ1v) is 9.24. The van der Waals surface area contributed by atoms with E-state index in [1.165, 1.54) is 11.3 Å². The van der Waals surface area contributed by atoms with Gasteiger partial charge in [0, 0.05) is 56.3 Å². The zero-order valence-corrected chi connectivity index (χ0v) is 14.2. The van der Waals surface area contributed by atoms with Gasteiger partial charge in [0.15, 0.2) is 0 Å². The Balaban J connectivity index is 1.56. The third kappa shape index (κ3) is 2.96. The molecule has 1 fully saturated rings. The maximum atomic E-state index is 12.8. The van der Waals surface area contributed by atoms with E-state index in [2.05, 4.69) is 9.55 Å². The minimum absolute atomic E-state index is 0.0467. The summed E-state index contributed by atoms with van der Waals surface area (Å²) in [5, 5.41) is 3.81. The van der Waals surface area contributed by atoms with Gasteiger partial charge >= 0.3 is 0 Å². The molecule has 0 bridgehead atoms. The van der Waals surface area contributed by atoms with Crippen LogP contribution in [0.15, 0.2) is 29.2 Å². The fraction of sp³-hybridized carbons (Fsp3) is 0.471.